The summed E-state index contributed by atoms with van der Waals surface area (Å²) in [5.41, 5.74) is -2.20. The number of fused-ring (bicyclic) bond motifs is 2. The third-order valence-electron chi connectivity index (χ3n) is 8.52. The van der Waals surface area contributed by atoms with Crippen molar-refractivity contribution in [2.24, 2.45) is 11.8 Å². The molecular weight excluding hydrogens is 434 g/mol. The number of hydrogen-bond acceptors (Lipinski definition) is 5. The van der Waals surface area contributed by atoms with Crippen molar-refractivity contribution in [3.05, 3.63) is 24.3 Å². The molecule has 186 valence electrons. The number of aliphatic hydroxyl groups excluding tert-OH is 1. The van der Waals surface area contributed by atoms with Crippen molar-refractivity contribution in [3.63, 3.8) is 0 Å². The molecule has 1 N–H and O–H groups in total. The first-order valence-corrected chi connectivity index (χ1v) is 12.9. The van der Waals surface area contributed by atoms with Crippen molar-refractivity contribution in [1.29, 1.82) is 0 Å². The molecular formula is C26H37N3O5. The molecule has 8 heteroatoms. The highest BCUT2D eigenvalue weighted by atomic mass is 16.5. The van der Waals surface area contributed by atoms with Gasteiger partial charge in [-0.15, -0.1) is 0 Å². The Morgan fingerprint density at radius 2 is 1.71 bits per heavy atom. The standard InChI is InChI=1S/C26H37N3O5/c1-3-13-27-14-7-11-25(2)19(22(27)31)20-23(32)29(16-17-30)21-24(33)28(18-9-5-4-6-10-18)15-8-12-26(20,21)34-25/h7-8,11-12,18-21,30H,3-6,9-10,13-17H2,1-2H3/t19-,20-,21?,25+,26-/m0/s1. The van der Waals surface area contributed by atoms with Gasteiger partial charge in [0.1, 0.15) is 11.6 Å². The molecule has 1 unspecified atom stereocenters. The molecule has 0 aromatic heterocycles. The minimum Gasteiger partial charge on any atom is -0.395 e. The average molecular weight is 472 g/mol. The molecule has 5 rings (SSSR count). The molecule has 0 bridgehead atoms. The molecule has 1 saturated carbocycles. The summed E-state index contributed by atoms with van der Waals surface area (Å²) in [4.78, 5) is 47.1. The third kappa shape index (κ3) is 3.36. The SMILES string of the molecule is CCCN1CC=C[C@@]2(C)O[C@]34C=CCN(C5CCCCC5)C(=O)C3N(CCO)C(=O)[C@@H]4[C@H]2C1=O. The fraction of sp³-hybridized carbons (Fsp3) is 0.731. The minimum absolute atomic E-state index is 0.0509. The highest BCUT2D eigenvalue weighted by Crippen LogP contribution is 2.57. The number of aliphatic hydroxyl groups is 1. The van der Waals surface area contributed by atoms with Crippen molar-refractivity contribution in [1.82, 2.24) is 14.7 Å². The van der Waals surface area contributed by atoms with Gasteiger partial charge in [0.15, 0.2) is 0 Å². The van der Waals surface area contributed by atoms with Crippen molar-refractivity contribution >= 4 is 17.7 Å². The van der Waals surface area contributed by atoms with Gasteiger partial charge in [-0.2, -0.15) is 0 Å². The van der Waals surface area contributed by atoms with E-state index in [0.717, 1.165) is 32.1 Å². The van der Waals surface area contributed by atoms with E-state index in [-0.39, 0.29) is 36.9 Å². The number of ether oxygens (including phenoxy) is 1. The van der Waals surface area contributed by atoms with Crippen LogP contribution in [0.5, 0.6) is 0 Å². The van der Waals surface area contributed by atoms with Gasteiger partial charge in [-0.25, -0.2) is 0 Å². The van der Waals surface area contributed by atoms with E-state index in [2.05, 4.69) is 0 Å². The summed E-state index contributed by atoms with van der Waals surface area (Å²) in [6, 6.07) is -0.724. The molecule has 3 fully saturated rings. The van der Waals surface area contributed by atoms with Gasteiger partial charge >= 0.3 is 0 Å². The number of carbonyl (C=O) groups is 3. The zero-order chi connectivity index (χ0) is 24.1. The van der Waals surface area contributed by atoms with E-state index in [9.17, 15) is 19.5 Å². The second-order valence-corrected chi connectivity index (χ2v) is 10.6. The van der Waals surface area contributed by atoms with E-state index in [1.165, 1.54) is 11.3 Å². The van der Waals surface area contributed by atoms with Gasteiger partial charge in [-0.05, 0) is 26.2 Å². The predicted octanol–water partition coefficient (Wildman–Crippen LogP) is 1.49. The van der Waals surface area contributed by atoms with Gasteiger partial charge in [-0.1, -0.05) is 50.5 Å². The van der Waals surface area contributed by atoms with E-state index in [1.807, 2.05) is 43.1 Å². The molecule has 3 amide bonds. The summed E-state index contributed by atoms with van der Waals surface area (Å²) in [6.45, 7) is 5.28. The Balaban J connectivity index is 1.59. The number of amides is 3. The number of carbonyl (C=O) groups excluding carboxylic acids is 3. The lowest BCUT2D eigenvalue weighted by Gasteiger charge is -2.40. The number of β-amino-alcohol motifs (C(OH)–C–C–N with tert-alkyl or cyclic N) is 1. The number of rotatable bonds is 5. The van der Waals surface area contributed by atoms with Crippen LogP contribution in [-0.2, 0) is 19.1 Å². The topological polar surface area (TPSA) is 90.4 Å². The first-order valence-electron chi connectivity index (χ1n) is 12.9. The van der Waals surface area contributed by atoms with E-state index < -0.39 is 29.1 Å². The summed E-state index contributed by atoms with van der Waals surface area (Å²) in [6.07, 6.45) is 13.8. The zero-order valence-electron chi connectivity index (χ0n) is 20.3. The highest BCUT2D eigenvalue weighted by Gasteiger charge is 2.74. The molecule has 5 aliphatic rings. The fourth-order valence-corrected chi connectivity index (χ4v) is 7.13. The second kappa shape index (κ2) is 8.79. The van der Waals surface area contributed by atoms with Crippen LogP contribution < -0.4 is 0 Å². The second-order valence-electron chi connectivity index (χ2n) is 10.6. The lowest BCUT2D eigenvalue weighted by Crippen LogP contribution is -2.58. The van der Waals surface area contributed by atoms with E-state index in [1.54, 1.807) is 4.90 Å². The maximum absolute atomic E-state index is 14.1. The van der Waals surface area contributed by atoms with Gasteiger partial charge in [0, 0.05) is 32.2 Å². The van der Waals surface area contributed by atoms with Crippen LogP contribution in [0.2, 0.25) is 0 Å². The van der Waals surface area contributed by atoms with Crippen LogP contribution in [0.4, 0.5) is 0 Å². The monoisotopic (exact) mass is 471 g/mol. The molecule has 0 radical (unpaired) electrons. The van der Waals surface area contributed by atoms with Crippen molar-refractivity contribution in [3.8, 4) is 0 Å². The van der Waals surface area contributed by atoms with Crippen LogP contribution in [0.25, 0.3) is 0 Å². The lowest BCUT2D eigenvalue weighted by molar-refractivity contribution is -0.154. The van der Waals surface area contributed by atoms with Gasteiger partial charge in [0.25, 0.3) is 0 Å². The Labute approximate surface area is 201 Å². The Morgan fingerprint density at radius 3 is 2.41 bits per heavy atom. The quantitative estimate of drug-likeness (QED) is 0.614. The summed E-state index contributed by atoms with van der Waals surface area (Å²) in [5, 5.41) is 9.80. The zero-order valence-corrected chi connectivity index (χ0v) is 20.3. The van der Waals surface area contributed by atoms with E-state index >= 15 is 0 Å². The van der Waals surface area contributed by atoms with Crippen molar-refractivity contribution in [2.75, 3.05) is 32.8 Å². The smallest absolute Gasteiger partial charge is 0.249 e. The molecule has 1 spiro atoms. The summed E-state index contributed by atoms with van der Waals surface area (Å²) in [7, 11) is 0. The molecule has 2 saturated heterocycles. The van der Waals surface area contributed by atoms with Gasteiger partial charge in [0.2, 0.25) is 17.7 Å². The van der Waals surface area contributed by atoms with Crippen LogP contribution in [0.1, 0.15) is 52.4 Å². The normalized spacial score (nSPS) is 38.1. The Kier molecular flexibility index (Phi) is 6.09. The lowest BCUT2D eigenvalue weighted by atomic mass is 9.74. The molecule has 4 aliphatic heterocycles. The number of nitrogens with zero attached hydrogens (tertiary/aromatic N) is 3. The van der Waals surface area contributed by atoms with Crippen LogP contribution in [-0.4, -0.2) is 93.6 Å². The molecule has 4 heterocycles. The maximum atomic E-state index is 14.1. The van der Waals surface area contributed by atoms with Gasteiger partial charge in [-0.3, -0.25) is 14.4 Å². The molecule has 8 nitrogen and oxygen atoms in total. The molecule has 0 aromatic carbocycles. The molecule has 34 heavy (non-hydrogen) atoms. The van der Waals surface area contributed by atoms with Crippen molar-refractivity contribution in [2.45, 2.75) is 75.7 Å². The minimum atomic E-state index is -1.22. The number of hydrogen-bond donors (Lipinski definition) is 1. The first kappa shape index (κ1) is 23.5. The largest absolute Gasteiger partial charge is 0.395 e. The van der Waals surface area contributed by atoms with Crippen LogP contribution in [0.3, 0.4) is 0 Å². The number of likely N-dealkylation sites (tertiary alicyclic amines) is 1. The Hall–Kier alpha value is -2.19. The Bertz CT molecular complexity index is 912. The predicted molar refractivity (Wildman–Crippen MR) is 126 cm³/mol. The summed E-state index contributed by atoms with van der Waals surface area (Å²) >= 11 is 0. The third-order valence-corrected chi connectivity index (χ3v) is 8.52. The van der Waals surface area contributed by atoms with Crippen molar-refractivity contribution < 1.29 is 24.2 Å². The van der Waals surface area contributed by atoms with E-state index in [4.69, 9.17) is 4.74 Å². The maximum Gasteiger partial charge on any atom is 0.249 e. The summed E-state index contributed by atoms with van der Waals surface area (Å²) in [5.74, 6) is -1.99. The molecule has 5 atom stereocenters. The van der Waals surface area contributed by atoms with Gasteiger partial charge < -0.3 is 24.5 Å². The molecule has 0 aromatic rings. The molecule has 1 aliphatic carbocycles. The summed E-state index contributed by atoms with van der Waals surface area (Å²) < 4.78 is 6.77. The highest BCUT2D eigenvalue weighted by molar-refractivity contribution is 6.00. The first-order chi connectivity index (χ1) is 16.4. The fourth-order valence-electron chi connectivity index (χ4n) is 7.13. The van der Waals surface area contributed by atoms with Crippen LogP contribution in [0, 0.1) is 11.8 Å². The Morgan fingerprint density at radius 1 is 0.971 bits per heavy atom. The van der Waals surface area contributed by atoms with Crippen LogP contribution in [0.15, 0.2) is 24.3 Å². The average Bonchev–Trinajstić information content (AvgIpc) is 3.08. The van der Waals surface area contributed by atoms with E-state index in [0.29, 0.717) is 19.6 Å². The van der Waals surface area contributed by atoms with Gasteiger partial charge in [0.05, 0.1) is 24.0 Å². The van der Waals surface area contributed by atoms with Crippen LogP contribution >= 0.6 is 0 Å².